The van der Waals surface area contributed by atoms with Gasteiger partial charge in [-0.2, -0.15) is 0 Å². The quantitative estimate of drug-likeness (QED) is 0.773. The van der Waals surface area contributed by atoms with E-state index in [4.69, 9.17) is 0 Å². The molecule has 20 heavy (non-hydrogen) atoms. The second-order valence-corrected chi connectivity index (χ2v) is 5.49. The van der Waals surface area contributed by atoms with Gasteiger partial charge in [0.2, 0.25) is 5.91 Å². The highest BCUT2D eigenvalue weighted by Crippen LogP contribution is 2.21. The van der Waals surface area contributed by atoms with Gasteiger partial charge in [0, 0.05) is 38.3 Å². The number of amides is 1. The van der Waals surface area contributed by atoms with Gasteiger partial charge in [0.25, 0.3) is 0 Å². The Kier molecular flexibility index (Phi) is 4.00. The third kappa shape index (κ3) is 2.84. The van der Waals surface area contributed by atoms with E-state index in [1.54, 1.807) is 0 Å². The molecule has 0 atom stereocenters. The number of hydrogen-bond donors (Lipinski definition) is 0. The van der Waals surface area contributed by atoms with E-state index in [1.807, 2.05) is 29.3 Å². The van der Waals surface area contributed by atoms with Crippen molar-refractivity contribution in [3.05, 3.63) is 36.5 Å². The average molecular weight is 271 g/mol. The zero-order valence-electron chi connectivity index (χ0n) is 11.7. The number of aromatic nitrogens is 1. The molecule has 1 aromatic heterocycles. The predicted octanol–water partition coefficient (Wildman–Crippen LogP) is 2.09. The molecule has 4 heteroatoms. The first-order chi connectivity index (χ1) is 9.84. The molecule has 0 radical (unpaired) electrons. The lowest BCUT2D eigenvalue weighted by Gasteiger charge is -2.24. The lowest BCUT2D eigenvalue weighted by atomic mass is 10.1. The molecule has 0 saturated carbocycles. The van der Waals surface area contributed by atoms with E-state index < -0.39 is 0 Å². The summed E-state index contributed by atoms with van der Waals surface area (Å²) in [5.41, 5.74) is 0. The summed E-state index contributed by atoms with van der Waals surface area (Å²) >= 11 is 0. The Balaban J connectivity index is 1.60. The molecule has 0 spiro atoms. The fourth-order valence-electron chi connectivity index (χ4n) is 2.98. The monoisotopic (exact) mass is 271 g/mol. The molecule has 1 aromatic rings. The van der Waals surface area contributed by atoms with Crippen LogP contribution in [0.15, 0.2) is 36.5 Å². The molecule has 0 bridgehead atoms. The maximum atomic E-state index is 12.4. The van der Waals surface area contributed by atoms with Crippen LogP contribution in [0.2, 0.25) is 0 Å². The van der Waals surface area contributed by atoms with Gasteiger partial charge in [-0.25, -0.2) is 4.98 Å². The van der Waals surface area contributed by atoms with E-state index in [9.17, 15) is 4.79 Å². The molecule has 2 aliphatic rings. The molecule has 1 amide bonds. The standard InChI is InChI=1S/C16H21N3O/c20-16(14-6-1-2-7-14)19-11-5-10-18(12-13-19)15-8-3-4-9-17-15/h1-4,8-9,14H,5-7,10-13H2. The highest BCUT2D eigenvalue weighted by atomic mass is 16.2. The van der Waals surface area contributed by atoms with Crippen molar-refractivity contribution >= 4 is 11.7 Å². The van der Waals surface area contributed by atoms with Crippen molar-refractivity contribution in [1.29, 1.82) is 0 Å². The first kappa shape index (κ1) is 13.2. The van der Waals surface area contributed by atoms with Gasteiger partial charge in [-0.3, -0.25) is 4.79 Å². The third-order valence-electron chi connectivity index (χ3n) is 4.14. The number of rotatable bonds is 2. The molecule has 106 valence electrons. The molecule has 4 nitrogen and oxygen atoms in total. The van der Waals surface area contributed by atoms with Gasteiger partial charge < -0.3 is 9.80 Å². The van der Waals surface area contributed by atoms with E-state index >= 15 is 0 Å². The van der Waals surface area contributed by atoms with Crippen molar-refractivity contribution in [3.63, 3.8) is 0 Å². The topological polar surface area (TPSA) is 36.4 Å². The van der Waals surface area contributed by atoms with Crippen LogP contribution in [0.3, 0.4) is 0 Å². The molecular weight excluding hydrogens is 250 g/mol. The number of carbonyl (C=O) groups excluding carboxylic acids is 1. The molecule has 1 saturated heterocycles. The van der Waals surface area contributed by atoms with Gasteiger partial charge in [-0.15, -0.1) is 0 Å². The van der Waals surface area contributed by atoms with Crippen LogP contribution >= 0.6 is 0 Å². The summed E-state index contributed by atoms with van der Waals surface area (Å²) in [6.45, 7) is 3.54. The van der Waals surface area contributed by atoms with E-state index in [0.717, 1.165) is 51.3 Å². The summed E-state index contributed by atoms with van der Waals surface area (Å²) in [6.07, 6.45) is 8.93. The Morgan fingerprint density at radius 1 is 1.10 bits per heavy atom. The van der Waals surface area contributed by atoms with Crippen LogP contribution in [-0.4, -0.2) is 42.0 Å². The van der Waals surface area contributed by atoms with Crippen molar-refractivity contribution in [2.24, 2.45) is 5.92 Å². The second-order valence-electron chi connectivity index (χ2n) is 5.49. The first-order valence-corrected chi connectivity index (χ1v) is 7.44. The van der Waals surface area contributed by atoms with E-state index in [0.29, 0.717) is 5.91 Å². The van der Waals surface area contributed by atoms with Crippen LogP contribution < -0.4 is 4.90 Å². The highest BCUT2D eigenvalue weighted by Gasteiger charge is 2.26. The van der Waals surface area contributed by atoms with Gasteiger partial charge in [0.1, 0.15) is 5.82 Å². The number of allylic oxidation sites excluding steroid dienone is 2. The zero-order valence-corrected chi connectivity index (χ0v) is 11.7. The Morgan fingerprint density at radius 2 is 1.95 bits per heavy atom. The molecule has 2 heterocycles. The predicted molar refractivity (Wildman–Crippen MR) is 79.5 cm³/mol. The van der Waals surface area contributed by atoms with Crippen molar-refractivity contribution < 1.29 is 4.79 Å². The summed E-state index contributed by atoms with van der Waals surface area (Å²) in [5, 5.41) is 0. The Hall–Kier alpha value is -1.84. The molecule has 1 fully saturated rings. The molecule has 0 unspecified atom stereocenters. The Labute approximate surface area is 120 Å². The smallest absolute Gasteiger partial charge is 0.226 e. The van der Waals surface area contributed by atoms with Crippen LogP contribution in [0, 0.1) is 5.92 Å². The summed E-state index contributed by atoms with van der Waals surface area (Å²) in [4.78, 5) is 21.2. The Bertz CT molecular complexity index is 478. The molecule has 3 rings (SSSR count). The molecule has 0 aromatic carbocycles. The average Bonchev–Trinajstić information content (AvgIpc) is 2.92. The van der Waals surface area contributed by atoms with Gasteiger partial charge in [0.15, 0.2) is 0 Å². The second kappa shape index (κ2) is 6.07. The number of pyridine rings is 1. The highest BCUT2D eigenvalue weighted by molar-refractivity contribution is 5.79. The van der Waals surface area contributed by atoms with Crippen LogP contribution in [0.1, 0.15) is 19.3 Å². The number of carbonyl (C=O) groups is 1. The number of hydrogen-bond acceptors (Lipinski definition) is 3. The van der Waals surface area contributed by atoms with Crippen molar-refractivity contribution in [1.82, 2.24) is 9.88 Å². The fraction of sp³-hybridized carbons (Fsp3) is 0.500. The normalized spacial score (nSPS) is 20.2. The molecule has 1 aliphatic carbocycles. The van der Waals surface area contributed by atoms with E-state index in [-0.39, 0.29) is 5.92 Å². The van der Waals surface area contributed by atoms with Crippen molar-refractivity contribution in [2.45, 2.75) is 19.3 Å². The summed E-state index contributed by atoms with van der Waals surface area (Å²) in [6, 6.07) is 5.99. The lowest BCUT2D eigenvalue weighted by Crippen LogP contribution is -2.38. The van der Waals surface area contributed by atoms with Crippen LogP contribution in [0.5, 0.6) is 0 Å². The van der Waals surface area contributed by atoms with Gasteiger partial charge in [0.05, 0.1) is 0 Å². The van der Waals surface area contributed by atoms with Crippen LogP contribution in [0.4, 0.5) is 5.82 Å². The largest absolute Gasteiger partial charge is 0.355 e. The van der Waals surface area contributed by atoms with E-state index in [1.165, 1.54) is 0 Å². The SMILES string of the molecule is O=C(C1CC=CC1)N1CCCN(c2ccccn2)CC1. The third-order valence-corrected chi connectivity index (χ3v) is 4.14. The fourth-order valence-corrected chi connectivity index (χ4v) is 2.98. The number of nitrogens with zero attached hydrogens (tertiary/aromatic N) is 3. The summed E-state index contributed by atoms with van der Waals surface area (Å²) < 4.78 is 0. The summed E-state index contributed by atoms with van der Waals surface area (Å²) in [5.74, 6) is 1.54. The molecule has 0 N–H and O–H groups in total. The minimum absolute atomic E-state index is 0.191. The summed E-state index contributed by atoms with van der Waals surface area (Å²) in [7, 11) is 0. The Morgan fingerprint density at radius 3 is 2.70 bits per heavy atom. The molecular formula is C16H21N3O. The minimum atomic E-state index is 0.191. The van der Waals surface area contributed by atoms with Crippen molar-refractivity contribution in [2.75, 3.05) is 31.1 Å². The van der Waals surface area contributed by atoms with Crippen LogP contribution in [-0.2, 0) is 4.79 Å². The first-order valence-electron chi connectivity index (χ1n) is 7.44. The maximum Gasteiger partial charge on any atom is 0.226 e. The maximum absolute atomic E-state index is 12.4. The van der Waals surface area contributed by atoms with Crippen molar-refractivity contribution in [3.8, 4) is 0 Å². The minimum Gasteiger partial charge on any atom is -0.355 e. The van der Waals surface area contributed by atoms with Gasteiger partial charge in [-0.1, -0.05) is 18.2 Å². The van der Waals surface area contributed by atoms with Gasteiger partial charge in [-0.05, 0) is 31.4 Å². The molecule has 1 aliphatic heterocycles. The van der Waals surface area contributed by atoms with E-state index in [2.05, 4.69) is 22.0 Å². The van der Waals surface area contributed by atoms with Crippen LogP contribution in [0.25, 0.3) is 0 Å². The lowest BCUT2D eigenvalue weighted by molar-refractivity contribution is -0.134. The zero-order chi connectivity index (χ0) is 13.8. The van der Waals surface area contributed by atoms with Gasteiger partial charge >= 0.3 is 0 Å². The number of anilines is 1.